The number of hydrogen-bond acceptors (Lipinski definition) is 4. The molecule has 2 aromatic rings. The van der Waals surface area contributed by atoms with Crippen LogP contribution in [-0.4, -0.2) is 55.1 Å². The molecule has 0 radical (unpaired) electrons. The first-order valence-electron chi connectivity index (χ1n) is 11.7. The number of likely N-dealkylation sites (tertiary alicyclic amines) is 1. The van der Waals surface area contributed by atoms with Crippen molar-refractivity contribution in [2.45, 2.75) is 51.2 Å². The zero-order chi connectivity index (χ0) is 21.3. The van der Waals surface area contributed by atoms with Gasteiger partial charge in [0.15, 0.2) is 5.96 Å². The Labute approximate surface area is 209 Å². The first-order chi connectivity index (χ1) is 15.3. The van der Waals surface area contributed by atoms with Gasteiger partial charge in [-0.2, -0.15) is 0 Å². The smallest absolute Gasteiger partial charge is 0.191 e. The third-order valence-corrected chi connectivity index (χ3v) is 6.35. The van der Waals surface area contributed by atoms with Crippen molar-refractivity contribution in [3.63, 3.8) is 0 Å². The molecule has 174 valence electrons. The molecule has 2 aliphatic heterocycles. The Morgan fingerprint density at radius 3 is 2.47 bits per heavy atom. The maximum Gasteiger partial charge on any atom is 0.191 e. The molecule has 2 saturated heterocycles. The summed E-state index contributed by atoms with van der Waals surface area (Å²) in [7, 11) is 1.85. The largest absolute Gasteiger partial charge is 0.357 e. The van der Waals surface area contributed by atoms with Gasteiger partial charge in [0.1, 0.15) is 5.82 Å². The zero-order valence-electron chi connectivity index (χ0n) is 19.2. The van der Waals surface area contributed by atoms with Crippen LogP contribution in [0.15, 0.2) is 53.7 Å². The van der Waals surface area contributed by atoms with Crippen molar-refractivity contribution < 1.29 is 0 Å². The molecule has 0 atom stereocenters. The fraction of sp³-hybridized carbons (Fsp3) is 0.520. The van der Waals surface area contributed by atoms with E-state index in [1.807, 2.05) is 13.2 Å². The molecule has 0 bridgehead atoms. The monoisotopic (exact) mass is 548 g/mol. The number of aromatic nitrogens is 1. The number of nitrogens with zero attached hydrogens (tertiary/aromatic N) is 4. The van der Waals surface area contributed by atoms with Crippen LogP contribution in [0.1, 0.15) is 43.2 Å². The van der Waals surface area contributed by atoms with Gasteiger partial charge in [-0.25, -0.2) is 4.98 Å². The molecule has 0 amide bonds. The second kappa shape index (κ2) is 13.0. The summed E-state index contributed by atoms with van der Waals surface area (Å²) in [4.78, 5) is 14.0. The summed E-state index contributed by atoms with van der Waals surface area (Å²) < 4.78 is 0. The van der Waals surface area contributed by atoms with E-state index in [0.717, 1.165) is 63.9 Å². The average Bonchev–Trinajstić information content (AvgIpc) is 2.84. The molecule has 32 heavy (non-hydrogen) atoms. The van der Waals surface area contributed by atoms with E-state index in [1.54, 1.807) is 0 Å². The molecule has 0 saturated carbocycles. The third-order valence-electron chi connectivity index (χ3n) is 6.35. The average molecular weight is 549 g/mol. The molecule has 2 N–H and O–H groups in total. The van der Waals surface area contributed by atoms with Crippen molar-refractivity contribution in [3.8, 4) is 0 Å². The number of rotatable bonds is 6. The minimum Gasteiger partial charge on any atom is -0.357 e. The topological polar surface area (TPSA) is 55.8 Å². The van der Waals surface area contributed by atoms with Gasteiger partial charge >= 0.3 is 0 Å². The Balaban J connectivity index is 0.00000289. The van der Waals surface area contributed by atoms with Crippen LogP contribution in [-0.2, 0) is 13.1 Å². The summed E-state index contributed by atoms with van der Waals surface area (Å²) in [5.41, 5.74) is 2.64. The highest BCUT2D eigenvalue weighted by atomic mass is 127. The summed E-state index contributed by atoms with van der Waals surface area (Å²) in [6.45, 7) is 6.28. The minimum atomic E-state index is 0. The maximum atomic E-state index is 4.59. The number of pyridine rings is 1. The van der Waals surface area contributed by atoms with Crippen molar-refractivity contribution in [3.05, 3.63) is 59.8 Å². The van der Waals surface area contributed by atoms with Gasteiger partial charge in [0.05, 0.1) is 0 Å². The Morgan fingerprint density at radius 1 is 1.00 bits per heavy atom. The normalized spacial score (nSPS) is 18.2. The first kappa shape index (κ1) is 24.8. The lowest BCUT2D eigenvalue weighted by Crippen LogP contribution is -2.48. The number of benzene rings is 1. The third kappa shape index (κ3) is 7.33. The Hall–Kier alpha value is -1.87. The lowest BCUT2D eigenvalue weighted by atomic mass is 10.0. The molecule has 0 spiro atoms. The zero-order valence-corrected chi connectivity index (χ0v) is 21.5. The highest BCUT2D eigenvalue weighted by molar-refractivity contribution is 14.0. The molecule has 4 rings (SSSR count). The SMILES string of the molecule is CN=C(NCc1ccnc(N2CCCCC2)c1)NC1CCN(Cc2ccccc2)CC1.I. The van der Waals surface area contributed by atoms with E-state index in [2.05, 4.69) is 72.9 Å². The standard InChI is InChI=1S/C25H36N6.HI/c1-26-25(28-19-22-10-13-27-24(18-22)31-14-6-3-7-15-31)29-23-11-16-30(17-12-23)20-21-8-4-2-5-9-21;/h2,4-5,8-10,13,18,23H,3,6-7,11-12,14-17,19-20H2,1H3,(H2,26,28,29);1H. The van der Waals surface area contributed by atoms with Crippen molar-refractivity contribution in [1.29, 1.82) is 0 Å². The fourth-order valence-corrected chi connectivity index (χ4v) is 4.52. The maximum absolute atomic E-state index is 4.59. The summed E-state index contributed by atoms with van der Waals surface area (Å²) in [5, 5.41) is 7.12. The number of halogens is 1. The fourth-order valence-electron chi connectivity index (χ4n) is 4.52. The molecule has 0 aliphatic carbocycles. The predicted octanol–water partition coefficient (Wildman–Crippen LogP) is 4.02. The lowest BCUT2D eigenvalue weighted by molar-refractivity contribution is 0.198. The molecule has 1 aromatic heterocycles. The summed E-state index contributed by atoms with van der Waals surface area (Å²) >= 11 is 0. The number of hydrogen-bond donors (Lipinski definition) is 2. The van der Waals surface area contributed by atoms with E-state index in [0.29, 0.717) is 6.04 Å². The molecule has 0 unspecified atom stereocenters. The van der Waals surface area contributed by atoms with E-state index >= 15 is 0 Å². The van der Waals surface area contributed by atoms with Crippen LogP contribution in [0.25, 0.3) is 0 Å². The second-order valence-electron chi connectivity index (χ2n) is 8.68. The number of piperidine rings is 2. The van der Waals surface area contributed by atoms with Gasteiger partial charge in [0, 0.05) is 58.6 Å². The molecular formula is C25H37IN6. The quantitative estimate of drug-likeness (QED) is 0.325. The lowest BCUT2D eigenvalue weighted by Gasteiger charge is -2.33. The Bertz CT molecular complexity index is 829. The molecule has 6 nitrogen and oxygen atoms in total. The van der Waals surface area contributed by atoms with Crippen molar-refractivity contribution >= 4 is 35.8 Å². The van der Waals surface area contributed by atoms with Crippen molar-refractivity contribution in [2.75, 3.05) is 38.1 Å². The van der Waals surface area contributed by atoms with E-state index in [9.17, 15) is 0 Å². The molecule has 7 heteroatoms. The van der Waals surface area contributed by atoms with Gasteiger partial charge in [-0.3, -0.25) is 9.89 Å². The van der Waals surface area contributed by atoms with Gasteiger partial charge in [-0.15, -0.1) is 24.0 Å². The van der Waals surface area contributed by atoms with Crippen LogP contribution in [0.4, 0.5) is 5.82 Å². The van der Waals surface area contributed by atoms with Crippen LogP contribution in [0, 0.1) is 0 Å². The van der Waals surface area contributed by atoms with E-state index in [1.165, 1.54) is 30.4 Å². The van der Waals surface area contributed by atoms with Crippen molar-refractivity contribution in [2.24, 2.45) is 4.99 Å². The van der Waals surface area contributed by atoms with Crippen LogP contribution in [0.5, 0.6) is 0 Å². The van der Waals surface area contributed by atoms with E-state index in [-0.39, 0.29) is 24.0 Å². The van der Waals surface area contributed by atoms with Crippen LogP contribution in [0.3, 0.4) is 0 Å². The predicted molar refractivity (Wildman–Crippen MR) is 144 cm³/mol. The van der Waals surface area contributed by atoms with E-state index < -0.39 is 0 Å². The van der Waals surface area contributed by atoms with Crippen LogP contribution < -0.4 is 15.5 Å². The van der Waals surface area contributed by atoms with Gasteiger partial charge in [0.2, 0.25) is 0 Å². The van der Waals surface area contributed by atoms with Crippen LogP contribution >= 0.6 is 24.0 Å². The molecular weight excluding hydrogens is 511 g/mol. The Kier molecular flexibility index (Phi) is 10.1. The summed E-state index contributed by atoms with van der Waals surface area (Å²) in [6.07, 6.45) is 8.09. The summed E-state index contributed by atoms with van der Waals surface area (Å²) in [5.74, 6) is 1.99. The molecule has 1 aromatic carbocycles. The van der Waals surface area contributed by atoms with Gasteiger partial charge < -0.3 is 15.5 Å². The molecule has 2 fully saturated rings. The number of guanidine groups is 1. The van der Waals surface area contributed by atoms with E-state index in [4.69, 9.17) is 0 Å². The van der Waals surface area contributed by atoms with Gasteiger partial charge in [-0.05, 0) is 55.4 Å². The number of anilines is 1. The molecule has 3 heterocycles. The van der Waals surface area contributed by atoms with Gasteiger partial charge in [-0.1, -0.05) is 30.3 Å². The highest BCUT2D eigenvalue weighted by Gasteiger charge is 2.20. The summed E-state index contributed by atoms with van der Waals surface area (Å²) in [6, 6.07) is 15.5. The number of nitrogens with one attached hydrogen (secondary N) is 2. The number of aliphatic imine (C=N–C) groups is 1. The first-order valence-corrected chi connectivity index (χ1v) is 11.7. The molecule has 2 aliphatic rings. The van der Waals surface area contributed by atoms with Gasteiger partial charge in [0.25, 0.3) is 0 Å². The minimum absolute atomic E-state index is 0. The second-order valence-corrected chi connectivity index (χ2v) is 8.68. The highest BCUT2D eigenvalue weighted by Crippen LogP contribution is 2.18. The van der Waals surface area contributed by atoms with Crippen molar-refractivity contribution in [1.82, 2.24) is 20.5 Å². The Morgan fingerprint density at radius 2 is 1.75 bits per heavy atom. The van der Waals surface area contributed by atoms with Crippen LogP contribution in [0.2, 0.25) is 0 Å².